The van der Waals surface area contributed by atoms with E-state index in [9.17, 15) is 19.0 Å². The molecular formula is C66H127N2O7P. The van der Waals surface area contributed by atoms with Crippen LogP contribution in [0.5, 0.6) is 0 Å². The SMILES string of the molecule is CCCCC/C=C\C/C=C\CCCCCCCCCCCCCCCCCC(=O)NC(COP(=O)([O-])OCC[N+](C)(C)C)C(/C=C\CCCCCCCCCCC)OC(=O)CCCCCCCCCCCCCCCC. The molecule has 0 radical (unpaired) electrons. The lowest BCUT2D eigenvalue weighted by molar-refractivity contribution is -0.870. The minimum atomic E-state index is -4.69. The average Bonchev–Trinajstić information content (AvgIpc) is 3.38. The number of phosphoric ester groups is 1. The topological polar surface area (TPSA) is 114 Å². The number of hydrogen-bond acceptors (Lipinski definition) is 7. The van der Waals surface area contributed by atoms with Gasteiger partial charge in [0.2, 0.25) is 5.91 Å². The zero-order valence-corrected chi connectivity index (χ0v) is 52.1. The lowest BCUT2D eigenvalue weighted by Crippen LogP contribution is -2.47. The van der Waals surface area contributed by atoms with Crippen molar-refractivity contribution in [2.45, 2.75) is 335 Å². The maximum Gasteiger partial charge on any atom is 0.306 e. The summed E-state index contributed by atoms with van der Waals surface area (Å²) in [6, 6.07) is -0.883. The maximum atomic E-state index is 13.5. The second kappa shape index (κ2) is 56.5. The van der Waals surface area contributed by atoms with Crippen LogP contribution in [-0.2, 0) is 27.9 Å². The number of hydrogen-bond donors (Lipinski definition) is 1. The van der Waals surface area contributed by atoms with Gasteiger partial charge < -0.3 is 28.5 Å². The van der Waals surface area contributed by atoms with Gasteiger partial charge in [-0.15, -0.1) is 0 Å². The van der Waals surface area contributed by atoms with E-state index in [-0.39, 0.29) is 31.5 Å². The number of nitrogens with one attached hydrogen (secondary N) is 1. The highest BCUT2D eigenvalue weighted by molar-refractivity contribution is 7.45. The second-order valence-electron chi connectivity index (χ2n) is 23.6. The number of esters is 1. The molecule has 10 heteroatoms. The van der Waals surface area contributed by atoms with Gasteiger partial charge in [-0.2, -0.15) is 0 Å². The summed E-state index contributed by atoms with van der Waals surface area (Å²) in [7, 11) is 1.20. The average molecular weight is 1090 g/mol. The third-order valence-corrected chi connectivity index (χ3v) is 15.8. The van der Waals surface area contributed by atoms with Crippen LogP contribution < -0.4 is 10.2 Å². The van der Waals surface area contributed by atoms with Crippen molar-refractivity contribution in [1.82, 2.24) is 5.32 Å². The van der Waals surface area contributed by atoms with Gasteiger partial charge in [-0.05, 0) is 63.9 Å². The number of rotatable bonds is 60. The van der Waals surface area contributed by atoms with Gasteiger partial charge in [-0.3, -0.25) is 14.2 Å². The number of amides is 1. The highest BCUT2D eigenvalue weighted by Crippen LogP contribution is 2.38. The molecule has 0 spiro atoms. The Morgan fingerprint density at radius 2 is 0.803 bits per heavy atom. The quantitative estimate of drug-likeness (QED) is 0.0212. The third-order valence-electron chi connectivity index (χ3n) is 14.8. The van der Waals surface area contributed by atoms with E-state index in [2.05, 4.69) is 50.4 Å². The van der Waals surface area contributed by atoms with E-state index in [1.54, 1.807) is 0 Å². The summed E-state index contributed by atoms with van der Waals surface area (Å²) in [5.74, 6) is -0.526. The maximum absolute atomic E-state index is 13.5. The number of quaternary nitrogens is 1. The highest BCUT2D eigenvalue weighted by atomic mass is 31.2. The summed E-state index contributed by atoms with van der Waals surface area (Å²) in [4.78, 5) is 40.0. The first-order valence-electron chi connectivity index (χ1n) is 32.8. The first-order chi connectivity index (χ1) is 36.9. The normalized spacial score (nSPS) is 13.8. The Bertz CT molecular complexity index is 1400. The molecule has 0 bridgehead atoms. The molecule has 0 aliphatic heterocycles. The molecule has 0 aromatic carbocycles. The molecule has 0 saturated heterocycles. The predicted molar refractivity (Wildman–Crippen MR) is 326 cm³/mol. The number of carbonyl (C=O) groups is 2. The van der Waals surface area contributed by atoms with Gasteiger partial charge in [0.05, 0.1) is 33.8 Å². The molecule has 3 atom stereocenters. The van der Waals surface area contributed by atoms with E-state index in [0.29, 0.717) is 17.4 Å². The van der Waals surface area contributed by atoms with Crippen LogP contribution in [-0.4, -0.2) is 69.4 Å². The van der Waals surface area contributed by atoms with E-state index in [4.69, 9.17) is 13.8 Å². The second-order valence-corrected chi connectivity index (χ2v) is 25.0. The largest absolute Gasteiger partial charge is 0.756 e. The Kier molecular flexibility index (Phi) is 55.2. The molecule has 1 amide bonds. The predicted octanol–water partition coefficient (Wildman–Crippen LogP) is 19.7. The smallest absolute Gasteiger partial charge is 0.306 e. The monoisotopic (exact) mass is 1090 g/mol. The Balaban J connectivity index is 5.02. The zero-order valence-electron chi connectivity index (χ0n) is 51.2. The van der Waals surface area contributed by atoms with E-state index in [1.807, 2.05) is 33.3 Å². The van der Waals surface area contributed by atoms with Crippen molar-refractivity contribution in [1.29, 1.82) is 0 Å². The van der Waals surface area contributed by atoms with Gasteiger partial charge in [0, 0.05) is 12.8 Å². The Morgan fingerprint density at radius 1 is 0.461 bits per heavy atom. The van der Waals surface area contributed by atoms with Gasteiger partial charge >= 0.3 is 5.97 Å². The number of likely N-dealkylation sites (N-methyl/N-ethyl adjacent to an activating group) is 1. The van der Waals surface area contributed by atoms with Gasteiger partial charge in [0.15, 0.2) is 0 Å². The summed E-state index contributed by atoms with van der Waals surface area (Å²) in [5.41, 5.74) is 0. The van der Waals surface area contributed by atoms with E-state index >= 15 is 0 Å². The summed E-state index contributed by atoms with van der Waals surface area (Å²) in [5, 5.41) is 3.04. The number of ether oxygens (including phenoxy) is 1. The summed E-state index contributed by atoms with van der Waals surface area (Å²) < 4.78 is 30.3. The number of phosphoric acid groups is 1. The van der Waals surface area contributed by atoms with Gasteiger partial charge in [0.25, 0.3) is 7.82 Å². The van der Waals surface area contributed by atoms with E-state index in [0.717, 1.165) is 64.2 Å². The highest BCUT2D eigenvalue weighted by Gasteiger charge is 2.27. The molecule has 0 aromatic heterocycles. The standard InChI is InChI=1S/C66H127N2O7P/c1-7-10-13-16-19-22-25-27-29-30-31-32-33-34-35-36-37-38-39-40-43-46-49-52-55-58-65(69)67-63(62-74-76(71,72)73-61-60-68(4,5)6)64(57-54-51-48-45-42-24-21-18-15-12-9-3)75-66(70)59-56-53-50-47-44-41-28-26-23-20-17-14-11-8-2/h19,22,27,29,54,57,63-64H,7-18,20-21,23-26,28,30-53,55-56,58-62H2,1-6H3,(H-,67,69,71,72)/b22-19-,29-27-,57-54-. The fourth-order valence-electron chi connectivity index (χ4n) is 9.73. The van der Waals surface area contributed by atoms with Crippen molar-refractivity contribution >= 4 is 19.7 Å². The van der Waals surface area contributed by atoms with Gasteiger partial charge in [-0.1, -0.05) is 282 Å². The molecule has 448 valence electrons. The summed E-state index contributed by atoms with van der Waals surface area (Å²) >= 11 is 0. The van der Waals surface area contributed by atoms with Gasteiger partial charge in [-0.25, -0.2) is 0 Å². The number of unbranched alkanes of at least 4 members (excludes halogenated alkanes) is 40. The molecule has 0 fully saturated rings. The molecule has 1 N–H and O–H groups in total. The first kappa shape index (κ1) is 74.2. The van der Waals surface area contributed by atoms with Crippen molar-refractivity contribution < 1.29 is 37.3 Å². The molecule has 76 heavy (non-hydrogen) atoms. The summed E-state index contributed by atoms with van der Waals surface area (Å²) in [6.45, 7) is 6.85. The Labute approximate surface area is 472 Å². The Hall–Kier alpha value is -1.77. The van der Waals surface area contributed by atoms with Crippen LogP contribution in [0.1, 0.15) is 323 Å². The molecular weight excluding hydrogens is 964 g/mol. The van der Waals surface area contributed by atoms with Crippen molar-refractivity contribution in [3.63, 3.8) is 0 Å². The minimum Gasteiger partial charge on any atom is -0.756 e. The fourth-order valence-corrected chi connectivity index (χ4v) is 10.5. The molecule has 0 saturated carbocycles. The van der Waals surface area contributed by atoms with Crippen LogP contribution in [0.2, 0.25) is 0 Å². The number of carbonyl (C=O) groups excluding carboxylic acids is 2. The van der Waals surface area contributed by atoms with Crippen molar-refractivity contribution in [2.24, 2.45) is 0 Å². The van der Waals surface area contributed by atoms with Crippen molar-refractivity contribution in [3.8, 4) is 0 Å². The summed E-state index contributed by atoms with van der Waals surface area (Å²) in [6.07, 6.45) is 68.3. The number of nitrogens with zero attached hydrogens (tertiary/aromatic N) is 1. The molecule has 0 rings (SSSR count). The van der Waals surface area contributed by atoms with E-state index in [1.165, 1.54) is 225 Å². The molecule has 0 heterocycles. The third kappa shape index (κ3) is 56.9. The van der Waals surface area contributed by atoms with Crippen LogP contribution in [0.15, 0.2) is 36.5 Å². The first-order valence-corrected chi connectivity index (χ1v) is 34.3. The van der Waals surface area contributed by atoms with Crippen molar-refractivity contribution in [3.05, 3.63) is 36.5 Å². The molecule has 0 aliphatic rings. The lowest BCUT2D eigenvalue weighted by atomic mass is 10.0. The molecule has 0 aliphatic carbocycles. The van der Waals surface area contributed by atoms with Crippen LogP contribution in [0, 0.1) is 0 Å². The zero-order chi connectivity index (χ0) is 55.7. The molecule has 0 aromatic rings. The lowest BCUT2D eigenvalue weighted by Gasteiger charge is -2.30. The van der Waals surface area contributed by atoms with Crippen molar-refractivity contribution in [2.75, 3.05) is 40.9 Å². The van der Waals surface area contributed by atoms with Crippen LogP contribution in [0.25, 0.3) is 0 Å². The van der Waals surface area contributed by atoms with E-state index < -0.39 is 20.0 Å². The van der Waals surface area contributed by atoms with Gasteiger partial charge in [0.1, 0.15) is 19.3 Å². The van der Waals surface area contributed by atoms with Crippen LogP contribution in [0.3, 0.4) is 0 Å². The fraction of sp³-hybridized carbons (Fsp3) is 0.879. The number of allylic oxidation sites excluding steroid dienone is 5. The minimum absolute atomic E-state index is 0.0193. The molecule has 9 nitrogen and oxygen atoms in total. The van der Waals surface area contributed by atoms with Crippen LogP contribution in [0.4, 0.5) is 0 Å². The van der Waals surface area contributed by atoms with Crippen LogP contribution >= 0.6 is 7.82 Å². The Morgan fingerprint density at radius 3 is 1.21 bits per heavy atom. The molecule has 3 unspecified atom stereocenters.